The Bertz CT molecular complexity index is 695. The Morgan fingerprint density at radius 2 is 1.65 bits per heavy atom. The number of anilines is 3. The quantitative estimate of drug-likeness (QED) is 0.866. The maximum atomic E-state index is 6.38. The smallest absolute Gasteiger partial charge is 0.0642 e. The number of morpholine rings is 1. The average Bonchev–Trinajstić information content (AvgIpc) is 2.62. The molecule has 2 aliphatic rings. The van der Waals surface area contributed by atoms with E-state index in [9.17, 15) is 0 Å². The number of nitrogen functional groups attached to an aromatic ring is 1. The number of hydrogen-bond donors (Lipinski definition) is 1. The van der Waals surface area contributed by atoms with Crippen LogP contribution < -0.4 is 15.5 Å². The summed E-state index contributed by atoms with van der Waals surface area (Å²) in [6.07, 6.45) is 1.08. The van der Waals surface area contributed by atoms with Crippen LogP contribution >= 0.6 is 0 Å². The molecule has 2 N–H and O–H groups in total. The van der Waals surface area contributed by atoms with Crippen molar-refractivity contribution in [2.24, 2.45) is 0 Å². The lowest BCUT2D eigenvalue weighted by molar-refractivity contribution is 0.122. The first-order valence-electron chi connectivity index (χ1n) is 8.35. The molecule has 0 aromatic heterocycles. The molecule has 0 amide bonds. The van der Waals surface area contributed by atoms with Gasteiger partial charge in [-0.1, -0.05) is 24.3 Å². The van der Waals surface area contributed by atoms with Crippen LogP contribution in [-0.2, 0) is 17.7 Å². The maximum absolute atomic E-state index is 6.38. The van der Waals surface area contributed by atoms with Gasteiger partial charge in [0.2, 0.25) is 0 Å². The van der Waals surface area contributed by atoms with Gasteiger partial charge in [0.05, 0.1) is 24.6 Å². The third-order valence-corrected chi connectivity index (χ3v) is 4.86. The Morgan fingerprint density at radius 3 is 2.43 bits per heavy atom. The van der Waals surface area contributed by atoms with Crippen molar-refractivity contribution in [2.45, 2.75) is 13.0 Å². The van der Waals surface area contributed by atoms with Gasteiger partial charge in [0, 0.05) is 31.9 Å². The molecule has 23 heavy (non-hydrogen) atoms. The van der Waals surface area contributed by atoms with E-state index in [0.29, 0.717) is 0 Å². The van der Waals surface area contributed by atoms with Gasteiger partial charge in [-0.15, -0.1) is 0 Å². The first kappa shape index (κ1) is 14.4. The average molecular weight is 309 g/mol. The van der Waals surface area contributed by atoms with Crippen molar-refractivity contribution in [3.05, 3.63) is 53.6 Å². The van der Waals surface area contributed by atoms with Crippen LogP contribution in [-0.4, -0.2) is 32.8 Å². The van der Waals surface area contributed by atoms with E-state index in [1.54, 1.807) is 0 Å². The van der Waals surface area contributed by atoms with Gasteiger partial charge in [-0.25, -0.2) is 0 Å². The molecule has 4 heteroatoms. The summed E-state index contributed by atoms with van der Waals surface area (Å²) in [6, 6.07) is 15.2. The monoisotopic (exact) mass is 309 g/mol. The van der Waals surface area contributed by atoms with Crippen LogP contribution in [0.25, 0.3) is 0 Å². The number of rotatable bonds is 2. The van der Waals surface area contributed by atoms with Crippen molar-refractivity contribution in [2.75, 3.05) is 48.4 Å². The standard InChI is InChI=1S/C19H23N3O/c20-18-13-17(21-9-11-23-12-10-21)5-6-19(18)22-8-7-15-3-1-2-4-16(15)14-22/h1-6,13H,7-12,14,20H2. The first-order chi connectivity index (χ1) is 11.3. The Kier molecular flexibility index (Phi) is 3.83. The van der Waals surface area contributed by atoms with Crippen LogP contribution in [0.3, 0.4) is 0 Å². The Morgan fingerprint density at radius 1 is 0.870 bits per heavy atom. The van der Waals surface area contributed by atoms with Crippen molar-refractivity contribution in [1.82, 2.24) is 0 Å². The van der Waals surface area contributed by atoms with E-state index >= 15 is 0 Å². The lowest BCUT2D eigenvalue weighted by Gasteiger charge is -2.33. The molecule has 0 aliphatic carbocycles. The Balaban J connectivity index is 1.56. The Hall–Kier alpha value is -2.20. The van der Waals surface area contributed by atoms with E-state index in [0.717, 1.165) is 57.2 Å². The number of ether oxygens (including phenoxy) is 1. The first-order valence-corrected chi connectivity index (χ1v) is 8.35. The summed E-state index contributed by atoms with van der Waals surface area (Å²) in [5, 5.41) is 0. The zero-order valence-electron chi connectivity index (χ0n) is 13.4. The van der Waals surface area contributed by atoms with Gasteiger partial charge in [0.1, 0.15) is 0 Å². The summed E-state index contributed by atoms with van der Waals surface area (Å²) in [6.45, 7) is 5.44. The molecule has 2 aliphatic heterocycles. The molecule has 4 nitrogen and oxygen atoms in total. The minimum atomic E-state index is 0.796. The topological polar surface area (TPSA) is 41.7 Å². The highest BCUT2D eigenvalue weighted by molar-refractivity contribution is 5.73. The van der Waals surface area contributed by atoms with E-state index in [1.807, 2.05) is 0 Å². The molecule has 1 saturated heterocycles. The highest BCUT2D eigenvalue weighted by Crippen LogP contribution is 2.32. The minimum absolute atomic E-state index is 0.796. The predicted molar refractivity (Wildman–Crippen MR) is 95.1 cm³/mol. The van der Waals surface area contributed by atoms with Crippen LogP contribution in [0.15, 0.2) is 42.5 Å². The van der Waals surface area contributed by atoms with Gasteiger partial charge in [-0.2, -0.15) is 0 Å². The fourth-order valence-corrected chi connectivity index (χ4v) is 3.55. The molecule has 0 bridgehead atoms. The molecule has 0 atom stereocenters. The van der Waals surface area contributed by atoms with Gasteiger partial charge in [0.15, 0.2) is 0 Å². The van der Waals surface area contributed by atoms with Crippen LogP contribution in [0.5, 0.6) is 0 Å². The number of nitrogens with two attached hydrogens (primary N) is 1. The fourth-order valence-electron chi connectivity index (χ4n) is 3.55. The van der Waals surface area contributed by atoms with Gasteiger partial charge in [-0.05, 0) is 35.7 Å². The maximum Gasteiger partial charge on any atom is 0.0642 e. The largest absolute Gasteiger partial charge is 0.397 e. The molecule has 1 fully saturated rings. The molecule has 2 aromatic carbocycles. The van der Waals surface area contributed by atoms with Crippen molar-refractivity contribution in [3.8, 4) is 0 Å². The van der Waals surface area contributed by atoms with Crippen LogP contribution in [0.4, 0.5) is 17.1 Å². The summed E-state index contributed by atoms with van der Waals surface area (Å²) < 4.78 is 5.42. The lowest BCUT2D eigenvalue weighted by Crippen LogP contribution is -2.36. The molecule has 4 rings (SSSR count). The number of hydrogen-bond acceptors (Lipinski definition) is 4. The van der Waals surface area contributed by atoms with Gasteiger partial charge in [0.25, 0.3) is 0 Å². The van der Waals surface area contributed by atoms with Gasteiger partial charge >= 0.3 is 0 Å². The van der Waals surface area contributed by atoms with E-state index in [2.05, 4.69) is 52.3 Å². The second-order valence-electron chi connectivity index (χ2n) is 6.28. The highest BCUT2D eigenvalue weighted by atomic mass is 16.5. The molecule has 0 saturated carbocycles. The zero-order chi connectivity index (χ0) is 15.6. The van der Waals surface area contributed by atoms with Crippen molar-refractivity contribution in [1.29, 1.82) is 0 Å². The summed E-state index contributed by atoms with van der Waals surface area (Å²) >= 11 is 0. The van der Waals surface area contributed by atoms with E-state index in [-0.39, 0.29) is 0 Å². The van der Waals surface area contributed by atoms with Crippen LogP contribution in [0.1, 0.15) is 11.1 Å². The summed E-state index contributed by atoms with van der Waals surface area (Å²) in [5.74, 6) is 0. The predicted octanol–water partition coefficient (Wildman–Crippen LogP) is 2.67. The van der Waals surface area contributed by atoms with E-state index < -0.39 is 0 Å². The SMILES string of the molecule is Nc1cc(N2CCOCC2)ccc1N1CCc2ccccc2C1. The van der Waals surface area contributed by atoms with Crippen molar-refractivity contribution < 1.29 is 4.74 Å². The number of benzene rings is 2. The zero-order valence-corrected chi connectivity index (χ0v) is 13.4. The van der Waals surface area contributed by atoms with Gasteiger partial charge in [-0.3, -0.25) is 0 Å². The Labute approximate surface area is 137 Å². The summed E-state index contributed by atoms with van der Waals surface area (Å²) in [5.41, 5.74) is 12.5. The minimum Gasteiger partial charge on any atom is -0.397 e. The fraction of sp³-hybridized carbons (Fsp3) is 0.368. The lowest BCUT2D eigenvalue weighted by atomic mass is 9.99. The van der Waals surface area contributed by atoms with Gasteiger partial charge < -0.3 is 20.3 Å². The third kappa shape index (κ3) is 2.86. The third-order valence-electron chi connectivity index (χ3n) is 4.86. The normalized spacial score (nSPS) is 17.9. The highest BCUT2D eigenvalue weighted by Gasteiger charge is 2.19. The van der Waals surface area contributed by atoms with E-state index in [4.69, 9.17) is 10.5 Å². The van der Waals surface area contributed by atoms with Crippen molar-refractivity contribution >= 4 is 17.1 Å². The van der Waals surface area contributed by atoms with E-state index in [1.165, 1.54) is 16.8 Å². The molecule has 2 aromatic rings. The second kappa shape index (κ2) is 6.13. The molecule has 2 heterocycles. The molecule has 0 spiro atoms. The van der Waals surface area contributed by atoms with Crippen molar-refractivity contribution in [3.63, 3.8) is 0 Å². The molecule has 0 unspecified atom stereocenters. The summed E-state index contributed by atoms with van der Waals surface area (Å²) in [7, 11) is 0. The number of fused-ring (bicyclic) bond motifs is 1. The molecule has 120 valence electrons. The van der Waals surface area contributed by atoms with Crippen LogP contribution in [0, 0.1) is 0 Å². The molecule has 0 radical (unpaired) electrons. The number of nitrogens with zero attached hydrogens (tertiary/aromatic N) is 2. The molecular formula is C19H23N3O. The second-order valence-corrected chi connectivity index (χ2v) is 6.28. The van der Waals surface area contributed by atoms with Crippen LogP contribution in [0.2, 0.25) is 0 Å². The summed E-state index contributed by atoms with van der Waals surface area (Å²) in [4.78, 5) is 4.73. The molecular weight excluding hydrogens is 286 g/mol.